The van der Waals surface area contributed by atoms with Gasteiger partial charge in [-0.3, -0.25) is 9.59 Å². The molecule has 0 aliphatic carbocycles. The van der Waals surface area contributed by atoms with E-state index in [0.29, 0.717) is 13.0 Å². The Morgan fingerprint density at radius 1 is 1.26 bits per heavy atom. The predicted octanol–water partition coefficient (Wildman–Crippen LogP) is 2.29. The first-order valence-corrected chi connectivity index (χ1v) is 6.71. The number of carboxylic acids is 1. The molecule has 1 fully saturated rings. The molecule has 0 aromatic heterocycles. The summed E-state index contributed by atoms with van der Waals surface area (Å²) in [6.45, 7) is 1.31. The van der Waals surface area contributed by atoms with Crippen LogP contribution in [0.3, 0.4) is 0 Å². The number of carbonyl (C=O) groups excluding carboxylic acids is 1. The van der Waals surface area contributed by atoms with Gasteiger partial charge in [0.1, 0.15) is 0 Å². The van der Waals surface area contributed by atoms with Crippen LogP contribution < -0.4 is 0 Å². The summed E-state index contributed by atoms with van der Waals surface area (Å²) in [5.74, 6) is -1.26. The number of likely N-dealkylation sites (tertiary alicyclic amines) is 1. The average Bonchev–Trinajstić information content (AvgIpc) is 2.55. The Morgan fingerprint density at radius 2 is 2.00 bits per heavy atom. The third-order valence-corrected chi connectivity index (χ3v) is 3.53. The van der Waals surface area contributed by atoms with Gasteiger partial charge >= 0.3 is 5.97 Å². The van der Waals surface area contributed by atoms with Crippen molar-refractivity contribution in [1.29, 1.82) is 0 Å². The molecule has 0 spiro atoms. The summed E-state index contributed by atoms with van der Waals surface area (Å²) in [5, 5.41) is 8.88. The van der Waals surface area contributed by atoms with Crippen molar-refractivity contribution in [1.82, 2.24) is 4.90 Å². The predicted molar refractivity (Wildman–Crippen MR) is 71.5 cm³/mol. The fraction of sp³-hybridized carbons (Fsp3) is 0.467. The first-order valence-electron chi connectivity index (χ1n) is 6.71. The summed E-state index contributed by atoms with van der Waals surface area (Å²) in [6.07, 6.45) is 2.52. The van der Waals surface area contributed by atoms with E-state index >= 15 is 0 Å². The SMILES string of the molecule is O=C(O)CC1CCCCN(Cc2ccccc2)C1=O. The number of hydrogen-bond donors (Lipinski definition) is 1. The smallest absolute Gasteiger partial charge is 0.304 e. The molecule has 0 radical (unpaired) electrons. The lowest BCUT2D eigenvalue weighted by molar-refractivity contribution is -0.144. The molecule has 0 saturated carbocycles. The van der Waals surface area contributed by atoms with Crippen LogP contribution in [0, 0.1) is 5.92 Å². The van der Waals surface area contributed by atoms with Crippen LogP contribution >= 0.6 is 0 Å². The first kappa shape index (κ1) is 13.6. The highest BCUT2D eigenvalue weighted by atomic mass is 16.4. The number of carboxylic acid groups (broad SMARTS) is 1. The summed E-state index contributed by atoms with van der Waals surface area (Å²) in [6, 6.07) is 9.83. The molecule has 1 aromatic rings. The van der Waals surface area contributed by atoms with Gasteiger partial charge in [0, 0.05) is 19.0 Å². The van der Waals surface area contributed by atoms with E-state index in [1.54, 1.807) is 4.90 Å². The van der Waals surface area contributed by atoms with Crippen molar-refractivity contribution in [2.24, 2.45) is 5.92 Å². The molecule has 1 aromatic carbocycles. The van der Waals surface area contributed by atoms with Gasteiger partial charge in [-0.2, -0.15) is 0 Å². The largest absolute Gasteiger partial charge is 0.481 e. The quantitative estimate of drug-likeness (QED) is 0.904. The number of nitrogens with zero attached hydrogens (tertiary/aromatic N) is 1. The van der Waals surface area contributed by atoms with Gasteiger partial charge in [0.25, 0.3) is 0 Å². The molecule has 4 heteroatoms. The van der Waals surface area contributed by atoms with Gasteiger partial charge in [-0.05, 0) is 18.4 Å². The minimum absolute atomic E-state index is 0.0104. The molecule has 1 saturated heterocycles. The van der Waals surface area contributed by atoms with Crippen LogP contribution in [0.1, 0.15) is 31.2 Å². The van der Waals surface area contributed by atoms with Gasteiger partial charge in [-0.25, -0.2) is 0 Å². The highest BCUT2D eigenvalue weighted by molar-refractivity contribution is 5.83. The number of aliphatic carboxylic acids is 1. The first-order chi connectivity index (χ1) is 9.16. The highest BCUT2D eigenvalue weighted by Gasteiger charge is 2.28. The third kappa shape index (κ3) is 3.81. The monoisotopic (exact) mass is 261 g/mol. The zero-order chi connectivity index (χ0) is 13.7. The molecule has 1 aliphatic heterocycles. The Balaban J connectivity index is 2.06. The van der Waals surface area contributed by atoms with E-state index < -0.39 is 5.97 Å². The van der Waals surface area contributed by atoms with Crippen molar-refractivity contribution < 1.29 is 14.7 Å². The number of carbonyl (C=O) groups is 2. The number of hydrogen-bond acceptors (Lipinski definition) is 2. The second kappa shape index (κ2) is 6.36. The van der Waals surface area contributed by atoms with Crippen LogP contribution in [0.25, 0.3) is 0 Å². The standard InChI is InChI=1S/C15H19NO3/c17-14(18)10-13-8-4-5-9-16(15(13)19)11-12-6-2-1-3-7-12/h1-3,6-7,13H,4-5,8-11H2,(H,17,18). The minimum atomic E-state index is -0.889. The zero-order valence-corrected chi connectivity index (χ0v) is 10.9. The van der Waals surface area contributed by atoms with Gasteiger partial charge in [-0.1, -0.05) is 36.8 Å². The molecule has 1 aliphatic rings. The van der Waals surface area contributed by atoms with Crippen molar-refractivity contribution in [2.45, 2.75) is 32.2 Å². The molecule has 1 N–H and O–H groups in total. The maximum Gasteiger partial charge on any atom is 0.304 e. The van der Waals surface area contributed by atoms with Crippen LogP contribution in [-0.4, -0.2) is 28.4 Å². The van der Waals surface area contributed by atoms with E-state index in [4.69, 9.17) is 5.11 Å². The van der Waals surface area contributed by atoms with Gasteiger partial charge in [0.2, 0.25) is 5.91 Å². The van der Waals surface area contributed by atoms with E-state index in [-0.39, 0.29) is 18.2 Å². The maximum absolute atomic E-state index is 12.3. The van der Waals surface area contributed by atoms with Crippen molar-refractivity contribution in [2.75, 3.05) is 6.54 Å². The van der Waals surface area contributed by atoms with Gasteiger partial charge in [0.15, 0.2) is 0 Å². The third-order valence-electron chi connectivity index (χ3n) is 3.53. The van der Waals surface area contributed by atoms with Crippen LogP contribution in [0.2, 0.25) is 0 Å². The molecular formula is C15H19NO3. The van der Waals surface area contributed by atoms with Crippen molar-refractivity contribution in [3.05, 3.63) is 35.9 Å². The summed E-state index contributed by atoms with van der Waals surface area (Å²) in [7, 11) is 0. The van der Waals surface area contributed by atoms with Crippen LogP contribution in [0.15, 0.2) is 30.3 Å². The fourth-order valence-corrected chi connectivity index (χ4v) is 2.55. The van der Waals surface area contributed by atoms with Gasteiger partial charge in [-0.15, -0.1) is 0 Å². The highest BCUT2D eigenvalue weighted by Crippen LogP contribution is 2.22. The zero-order valence-electron chi connectivity index (χ0n) is 10.9. The molecule has 19 heavy (non-hydrogen) atoms. The van der Waals surface area contributed by atoms with E-state index in [1.165, 1.54) is 0 Å². The number of amides is 1. The molecule has 0 bridgehead atoms. The maximum atomic E-state index is 12.3. The molecule has 1 amide bonds. The molecule has 4 nitrogen and oxygen atoms in total. The van der Waals surface area contributed by atoms with Gasteiger partial charge < -0.3 is 10.0 Å². The molecule has 102 valence electrons. The Morgan fingerprint density at radius 3 is 2.68 bits per heavy atom. The Bertz CT molecular complexity index is 444. The molecule has 2 rings (SSSR count). The van der Waals surface area contributed by atoms with Crippen LogP contribution in [0.5, 0.6) is 0 Å². The lowest BCUT2D eigenvalue weighted by atomic mass is 9.99. The Kier molecular flexibility index (Phi) is 4.55. The van der Waals surface area contributed by atoms with Crippen molar-refractivity contribution >= 4 is 11.9 Å². The summed E-state index contributed by atoms with van der Waals surface area (Å²) in [5.41, 5.74) is 1.09. The van der Waals surface area contributed by atoms with Crippen LogP contribution in [0.4, 0.5) is 0 Å². The molecular weight excluding hydrogens is 242 g/mol. The molecule has 1 atom stereocenters. The summed E-state index contributed by atoms with van der Waals surface area (Å²) >= 11 is 0. The second-order valence-electron chi connectivity index (χ2n) is 5.04. The Hall–Kier alpha value is -1.84. The fourth-order valence-electron chi connectivity index (χ4n) is 2.55. The van der Waals surface area contributed by atoms with Crippen molar-refractivity contribution in [3.63, 3.8) is 0 Å². The van der Waals surface area contributed by atoms with Crippen LogP contribution in [-0.2, 0) is 16.1 Å². The number of benzene rings is 1. The molecule has 1 heterocycles. The van der Waals surface area contributed by atoms with Crippen molar-refractivity contribution in [3.8, 4) is 0 Å². The Labute approximate surface area is 113 Å². The van der Waals surface area contributed by atoms with E-state index in [1.807, 2.05) is 30.3 Å². The second-order valence-corrected chi connectivity index (χ2v) is 5.04. The summed E-state index contributed by atoms with van der Waals surface area (Å²) < 4.78 is 0. The van der Waals surface area contributed by atoms with E-state index in [0.717, 1.165) is 24.9 Å². The normalized spacial score (nSPS) is 20.1. The summed E-state index contributed by atoms with van der Waals surface area (Å²) in [4.78, 5) is 25.0. The number of rotatable bonds is 4. The van der Waals surface area contributed by atoms with Gasteiger partial charge in [0.05, 0.1) is 6.42 Å². The lowest BCUT2D eigenvalue weighted by Gasteiger charge is -2.23. The minimum Gasteiger partial charge on any atom is -0.481 e. The van der Waals surface area contributed by atoms with E-state index in [9.17, 15) is 9.59 Å². The van der Waals surface area contributed by atoms with E-state index in [2.05, 4.69) is 0 Å². The molecule has 1 unspecified atom stereocenters. The lowest BCUT2D eigenvalue weighted by Crippen LogP contribution is -2.35. The average molecular weight is 261 g/mol. The topological polar surface area (TPSA) is 57.6 Å².